The maximum atomic E-state index is 11.4. The number of nitrogens with one attached hydrogen (secondary N) is 1. The fourth-order valence-electron chi connectivity index (χ4n) is 3.16. The van der Waals surface area contributed by atoms with Crippen LogP contribution in [0.25, 0.3) is 0 Å². The first-order chi connectivity index (χ1) is 12.7. The molecule has 1 aromatic heterocycles. The number of hydrogen-bond donors (Lipinski definition) is 1. The number of carbonyl (C=O) groups is 1. The van der Waals surface area contributed by atoms with E-state index >= 15 is 0 Å². The third kappa shape index (κ3) is 5.30. The van der Waals surface area contributed by atoms with Gasteiger partial charge in [-0.3, -0.25) is 9.69 Å². The number of anilines is 1. The van der Waals surface area contributed by atoms with Gasteiger partial charge in [0.05, 0.1) is 6.61 Å². The fourth-order valence-corrected chi connectivity index (χ4v) is 3.16. The minimum Gasteiger partial charge on any atom is -0.478 e. The molecule has 1 amide bonds. The number of nitrogens with zero attached hydrogens (tertiary/aromatic N) is 2. The molecule has 0 radical (unpaired) electrons. The van der Waals surface area contributed by atoms with Gasteiger partial charge in [-0.25, -0.2) is 0 Å². The summed E-state index contributed by atoms with van der Waals surface area (Å²) >= 11 is 0. The van der Waals surface area contributed by atoms with Crippen LogP contribution >= 0.6 is 0 Å². The zero-order chi connectivity index (χ0) is 18.2. The molecule has 3 rings (SSSR count). The lowest BCUT2D eigenvalue weighted by Crippen LogP contribution is -2.31. The van der Waals surface area contributed by atoms with Crippen LogP contribution in [0.15, 0.2) is 42.5 Å². The topological polar surface area (TPSA) is 54.5 Å². The molecule has 1 aliphatic rings. The Morgan fingerprint density at radius 1 is 1.15 bits per heavy atom. The molecule has 138 valence electrons. The average Bonchev–Trinajstić information content (AvgIpc) is 2.68. The first-order valence-electron chi connectivity index (χ1n) is 9.43. The molecule has 26 heavy (non-hydrogen) atoms. The third-order valence-corrected chi connectivity index (χ3v) is 4.64. The van der Waals surface area contributed by atoms with Crippen LogP contribution in [0, 0.1) is 0 Å². The number of pyridine rings is 1. The van der Waals surface area contributed by atoms with Gasteiger partial charge in [0.2, 0.25) is 11.8 Å². The lowest BCUT2D eigenvalue weighted by molar-refractivity contribution is -0.115. The van der Waals surface area contributed by atoms with Gasteiger partial charge in [0.15, 0.2) is 0 Å². The summed E-state index contributed by atoms with van der Waals surface area (Å²) < 4.78 is 5.73. The van der Waals surface area contributed by atoms with Crippen LogP contribution < -0.4 is 10.1 Å². The van der Waals surface area contributed by atoms with Crippen LogP contribution in [0.5, 0.6) is 5.88 Å². The Hall–Kier alpha value is -2.40. The summed E-state index contributed by atoms with van der Waals surface area (Å²) in [6, 6.07) is 14.2. The Labute approximate surface area is 155 Å². The molecular formula is C21H27N3O2. The smallest absolute Gasteiger partial charge is 0.225 e. The zero-order valence-corrected chi connectivity index (χ0v) is 15.4. The monoisotopic (exact) mass is 353 g/mol. The summed E-state index contributed by atoms with van der Waals surface area (Å²) in [5.74, 6) is 1.06. The van der Waals surface area contributed by atoms with E-state index in [1.54, 1.807) is 6.07 Å². The van der Waals surface area contributed by atoms with Crippen molar-refractivity contribution in [1.82, 2.24) is 9.88 Å². The molecule has 0 fully saturated rings. The van der Waals surface area contributed by atoms with E-state index < -0.39 is 0 Å². The van der Waals surface area contributed by atoms with Crippen LogP contribution in [-0.4, -0.2) is 35.5 Å². The molecule has 0 atom stereocenters. The predicted octanol–water partition coefficient (Wildman–Crippen LogP) is 3.65. The maximum absolute atomic E-state index is 11.4. The molecule has 1 N–H and O–H groups in total. The van der Waals surface area contributed by atoms with Crippen molar-refractivity contribution < 1.29 is 9.53 Å². The van der Waals surface area contributed by atoms with Crippen molar-refractivity contribution >= 4 is 11.7 Å². The molecule has 1 aliphatic heterocycles. The van der Waals surface area contributed by atoms with Crippen LogP contribution in [0.4, 0.5) is 5.82 Å². The van der Waals surface area contributed by atoms with Crippen molar-refractivity contribution in [2.45, 2.75) is 39.2 Å². The Balaban J connectivity index is 1.36. The molecule has 0 saturated carbocycles. The van der Waals surface area contributed by atoms with E-state index in [2.05, 4.69) is 39.5 Å². The molecule has 0 bridgehead atoms. The fraction of sp³-hybridized carbons (Fsp3) is 0.429. The first-order valence-corrected chi connectivity index (χ1v) is 9.43. The summed E-state index contributed by atoms with van der Waals surface area (Å²) in [7, 11) is 0. The third-order valence-electron chi connectivity index (χ3n) is 4.64. The van der Waals surface area contributed by atoms with E-state index in [0.717, 1.165) is 38.9 Å². The second kappa shape index (κ2) is 9.34. The number of fused-ring (bicyclic) bond motifs is 1. The van der Waals surface area contributed by atoms with Crippen LogP contribution in [-0.2, 0) is 17.8 Å². The number of unbranched alkanes of at least 4 members (excludes halogenated alkanes) is 1. The van der Waals surface area contributed by atoms with Crippen molar-refractivity contribution in [3.8, 4) is 5.88 Å². The normalized spacial score (nSPS) is 13.9. The number of carbonyl (C=O) groups excluding carboxylic acids is 1. The van der Waals surface area contributed by atoms with Gasteiger partial charge in [0.1, 0.15) is 5.82 Å². The minimum atomic E-state index is -0.0437. The summed E-state index contributed by atoms with van der Waals surface area (Å²) in [5, 5.41) is 2.75. The molecule has 5 heteroatoms. The van der Waals surface area contributed by atoms with Gasteiger partial charge in [0, 0.05) is 25.6 Å². The molecular weight excluding hydrogens is 326 g/mol. The number of amides is 1. The van der Waals surface area contributed by atoms with E-state index in [-0.39, 0.29) is 5.91 Å². The second-order valence-electron chi connectivity index (χ2n) is 6.61. The highest BCUT2D eigenvalue weighted by Gasteiger charge is 2.14. The van der Waals surface area contributed by atoms with Crippen molar-refractivity contribution in [1.29, 1.82) is 0 Å². The second-order valence-corrected chi connectivity index (χ2v) is 6.61. The van der Waals surface area contributed by atoms with Crippen molar-refractivity contribution in [2.75, 3.05) is 25.0 Å². The van der Waals surface area contributed by atoms with E-state index in [1.165, 1.54) is 11.1 Å². The standard InChI is InChI=1S/C21H27N3O2/c1-2-20(25)22-19-10-7-11-21(23-19)26-15-6-5-13-24-14-12-17-8-3-4-9-18(17)16-24/h3-4,7-11H,2,5-6,12-16H2,1H3,(H,22,23,25). The number of benzene rings is 1. The Kier molecular flexibility index (Phi) is 6.61. The van der Waals surface area contributed by atoms with Gasteiger partial charge >= 0.3 is 0 Å². The molecule has 1 aromatic carbocycles. The lowest BCUT2D eigenvalue weighted by atomic mass is 10.00. The van der Waals surface area contributed by atoms with Crippen LogP contribution in [0.1, 0.15) is 37.3 Å². The highest BCUT2D eigenvalue weighted by atomic mass is 16.5. The Morgan fingerprint density at radius 2 is 2.00 bits per heavy atom. The summed E-state index contributed by atoms with van der Waals surface area (Å²) in [6.07, 6.45) is 3.68. The average molecular weight is 353 g/mol. The summed E-state index contributed by atoms with van der Waals surface area (Å²) in [5.41, 5.74) is 2.96. The van der Waals surface area contributed by atoms with E-state index in [1.807, 2.05) is 19.1 Å². The molecule has 0 spiro atoms. The molecule has 0 unspecified atom stereocenters. The maximum Gasteiger partial charge on any atom is 0.225 e. The van der Waals surface area contributed by atoms with E-state index in [4.69, 9.17) is 4.74 Å². The van der Waals surface area contributed by atoms with Crippen molar-refractivity contribution in [3.63, 3.8) is 0 Å². The van der Waals surface area contributed by atoms with Gasteiger partial charge < -0.3 is 10.1 Å². The Bertz CT molecular complexity index is 733. The largest absolute Gasteiger partial charge is 0.478 e. The molecule has 0 aliphatic carbocycles. The zero-order valence-electron chi connectivity index (χ0n) is 15.4. The Morgan fingerprint density at radius 3 is 2.85 bits per heavy atom. The SMILES string of the molecule is CCC(=O)Nc1cccc(OCCCCN2CCc3ccccc3C2)n1. The number of aromatic nitrogens is 1. The number of rotatable bonds is 8. The quantitative estimate of drug-likeness (QED) is 0.736. The minimum absolute atomic E-state index is 0.0437. The summed E-state index contributed by atoms with van der Waals surface area (Å²) in [6.45, 7) is 5.74. The van der Waals surface area contributed by atoms with E-state index in [9.17, 15) is 4.79 Å². The van der Waals surface area contributed by atoms with Gasteiger partial charge in [-0.15, -0.1) is 0 Å². The van der Waals surface area contributed by atoms with Gasteiger partial charge in [-0.05, 0) is 43.0 Å². The van der Waals surface area contributed by atoms with E-state index in [0.29, 0.717) is 24.7 Å². The summed E-state index contributed by atoms with van der Waals surface area (Å²) in [4.78, 5) is 18.2. The molecule has 2 heterocycles. The highest BCUT2D eigenvalue weighted by molar-refractivity contribution is 5.89. The molecule has 2 aromatic rings. The predicted molar refractivity (Wildman–Crippen MR) is 103 cm³/mol. The molecule has 5 nitrogen and oxygen atoms in total. The van der Waals surface area contributed by atoms with Gasteiger partial charge in [-0.2, -0.15) is 4.98 Å². The lowest BCUT2D eigenvalue weighted by Gasteiger charge is -2.28. The van der Waals surface area contributed by atoms with Crippen LogP contribution in [0.3, 0.4) is 0 Å². The van der Waals surface area contributed by atoms with Crippen molar-refractivity contribution in [2.24, 2.45) is 0 Å². The highest BCUT2D eigenvalue weighted by Crippen LogP contribution is 2.18. The van der Waals surface area contributed by atoms with Gasteiger partial charge in [-0.1, -0.05) is 37.3 Å². The van der Waals surface area contributed by atoms with Crippen molar-refractivity contribution in [3.05, 3.63) is 53.6 Å². The number of hydrogen-bond acceptors (Lipinski definition) is 4. The van der Waals surface area contributed by atoms with Gasteiger partial charge in [0.25, 0.3) is 0 Å². The number of ether oxygens (including phenoxy) is 1. The van der Waals surface area contributed by atoms with Crippen LogP contribution in [0.2, 0.25) is 0 Å². The first kappa shape index (κ1) is 18.4. The molecule has 0 saturated heterocycles.